The highest BCUT2D eigenvalue weighted by molar-refractivity contribution is 5.90. The molecule has 10 heteroatoms. The van der Waals surface area contributed by atoms with Gasteiger partial charge in [0.2, 0.25) is 0 Å². The van der Waals surface area contributed by atoms with E-state index < -0.39 is 41.4 Å². The lowest BCUT2D eigenvalue weighted by atomic mass is 9.99. The summed E-state index contributed by atoms with van der Waals surface area (Å²) in [5.41, 5.74) is -1.04. The Morgan fingerprint density at radius 3 is 1.88 bits per heavy atom. The van der Waals surface area contributed by atoms with Crippen molar-refractivity contribution in [2.24, 2.45) is 5.92 Å². The van der Waals surface area contributed by atoms with Crippen LogP contribution in [0.25, 0.3) is 11.1 Å². The molecule has 1 unspecified atom stereocenters. The molecule has 2 aromatic carbocycles. The highest BCUT2D eigenvalue weighted by atomic mass is 19.4. The van der Waals surface area contributed by atoms with Crippen LogP contribution in [0, 0.1) is 11.7 Å². The number of ether oxygens (including phenoxy) is 2. The maximum absolute atomic E-state index is 15.3. The topological polar surface area (TPSA) is 92.7 Å². The van der Waals surface area contributed by atoms with Crippen LogP contribution in [0.4, 0.5) is 17.6 Å². The van der Waals surface area contributed by atoms with Gasteiger partial charge in [0, 0.05) is 12.0 Å². The van der Waals surface area contributed by atoms with E-state index in [1.807, 2.05) is 6.92 Å². The van der Waals surface area contributed by atoms with E-state index in [2.05, 4.69) is 6.92 Å². The first-order valence-corrected chi connectivity index (χ1v) is 15.1. The Labute approximate surface area is 250 Å². The molecule has 0 N–H and O–H groups in total. The van der Waals surface area contributed by atoms with Gasteiger partial charge < -0.3 is 19.4 Å². The van der Waals surface area contributed by atoms with E-state index >= 15 is 4.39 Å². The first kappa shape index (κ1) is 35.8. The van der Waals surface area contributed by atoms with Gasteiger partial charge in [0.25, 0.3) is 0 Å². The fraction of sp³-hybridized carbons (Fsp3) is 0.545. The van der Waals surface area contributed by atoms with Gasteiger partial charge in [-0.1, -0.05) is 96.6 Å². The number of carboxylic acids is 1. The number of halogens is 4. The third-order valence-corrected chi connectivity index (χ3v) is 7.17. The predicted octanol–water partition coefficient (Wildman–Crippen LogP) is 8.35. The molecular weight excluding hydrogens is 568 g/mol. The molecule has 0 radical (unpaired) electrons. The quantitative estimate of drug-likeness (QED) is 0.0688. The minimum atomic E-state index is -4.77. The Hall–Kier alpha value is -3.43. The summed E-state index contributed by atoms with van der Waals surface area (Å²) in [4.78, 5) is 36.4. The number of unbranched alkanes of at least 4 members (excludes halogenated alkanes) is 10. The molecule has 0 saturated heterocycles. The molecule has 0 saturated carbocycles. The van der Waals surface area contributed by atoms with Gasteiger partial charge in [-0.2, -0.15) is 13.2 Å². The number of alkyl halides is 3. The number of hydrogen-bond donors (Lipinski definition) is 0. The third-order valence-electron chi connectivity index (χ3n) is 7.17. The number of hydrogen-bond acceptors (Lipinski definition) is 6. The van der Waals surface area contributed by atoms with Gasteiger partial charge in [0.1, 0.15) is 17.3 Å². The van der Waals surface area contributed by atoms with E-state index in [0.717, 1.165) is 82.1 Å². The summed E-state index contributed by atoms with van der Waals surface area (Å²) in [7, 11) is 0. The van der Waals surface area contributed by atoms with Crippen LogP contribution >= 0.6 is 0 Å². The van der Waals surface area contributed by atoms with E-state index in [4.69, 9.17) is 9.47 Å². The summed E-state index contributed by atoms with van der Waals surface area (Å²) in [6, 6.07) is 6.88. The summed E-state index contributed by atoms with van der Waals surface area (Å²) >= 11 is 0. The number of benzene rings is 2. The van der Waals surface area contributed by atoms with Crippen molar-refractivity contribution in [1.29, 1.82) is 0 Å². The molecule has 2 aromatic rings. The van der Waals surface area contributed by atoms with Crippen LogP contribution in [-0.4, -0.2) is 24.1 Å². The fourth-order valence-corrected chi connectivity index (χ4v) is 4.71. The van der Waals surface area contributed by atoms with Crippen LogP contribution in [0.3, 0.4) is 0 Å². The van der Waals surface area contributed by atoms with Gasteiger partial charge in [-0.3, -0.25) is 9.59 Å². The zero-order chi connectivity index (χ0) is 31.8. The molecule has 1 atom stereocenters. The number of carboxylic acid groups (broad SMARTS) is 1. The molecule has 238 valence electrons. The van der Waals surface area contributed by atoms with Crippen LogP contribution in [-0.2, 0) is 9.59 Å². The van der Waals surface area contributed by atoms with Crippen molar-refractivity contribution in [1.82, 2.24) is 0 Å². The zero-order valence-electron chi connectivity index (χ0n) is 24.9. The van der Waals surface area contributed by atoms with Crippen LogP contribution in [0.5, 0.6) is 11.5 Å². The Morgan fingerprint density at radius 1 is 0.767 bits per heavy atom. The fourth-order valence-electron chi connectivity index (χ4n) is 4.71. The minimum Gasteiger partial charge on any atom is -0.545 e. The largest absolute Gasteiger partial charge is 0.545 e. The second-order valence-corrected chi connectivity index (χ2v) is 10.7. The molecule has 6 nitrogen and oxygen atoms in total. The predicted molar refractivity (Wildman–Crippen MR) is 153 cm³/mol. The molecule has 0 fully saturated rings. The molecule has 0 aliphatic heterocycles. The standard InChI is InChI=1S/C33H42F4O6/c1-3-5-7-9-10-12-14-16-28(38)43-27-22-21-25(31(39)40)30(34)29(27)23-17-19-24(20-18-23)42-32(41)26(33(35,36)37)15-13-11-8-6-4-2/h17-22,26H,3-16H2,1-2H3,(H,39,40)/p-1. The molecule has 0 spiro atoms. The zero-order valence-corrected chi connectivity index (χ0v) is 24.9. The van der Waals surface area contributed by atoms with Crippen LogP contribution < -0.4 is 14.6 Å². The SMILES string of the molecule is CCCCCCCCCC(=O)Oc1ccc(C(=O)[O-])c(F)c1-c1ccc(OC(=O)C(CCCCCCC)C(F)(F)F)cc1. The van der Waals surface area contributed by atoms with Gasteiger partial charge in [0.05, 0.1) is 11.5 Å². The van der Waals surface area contributed by atoms with Crippen LogP contribution in [0.15, 0.2) is 36.4 Å². The van der Waals surface area contributed by atoms with Crippen molar-refractivity contribution in [3.05, 3.63) is 47.8 Å². The third kappa shape index (κ3) is 12.0. The van der Waals surface area contributed by atoms with E-state index in [1.165, 1.54) is 12.1 Å². The minimum absolute atomic E-state index is 0.0578. The number of carbonyl (C=O) groups excluding carboxylic acids is 3. The van der Waals surface area contributed by atoms with Crippen molar-refractivity contribution in [2.45, 2.75) is 110 Å². The second-order valence-electron chi connectivity index (χ2n) is 10.7. The van der Waals surface area contributed by atoms with E-state index in [9.17, 15) is 32.7 Å². The van der Waals surface area contributed by atoms with Gasteiger partial charge in [-0.25, -0.2) is 4.39 Å². The summed E-state index contributed by atoms with van der Waals surface area (Å²) in [6.45, 7) is 4.11. The van der Waals surface area contributed by atoms with E-state index in [-0.39, 0.29) is 41.9 Å². The second kappa shape index (κ2) is 18.3. The van der Waals surface area contributed by atoms with Crippen molar-refractivity contribution < 1.29 is 46.5 Å². The van der Waals surface area contributed by atoms with E-state index in [1.54, 1.807) is 0 Å². The summed E-state index contributed by atoms with van der Waals surface area (Å²) in [6.07, 6.45) is 5.24. The summed E-state index contributed by atoms with van der Waals surface area (Å²) < 4.78 is 66.3. The van der Waals surface area contributed by atoms with Gasteiger partial charge in [-0.15, -0.1) is 0 Å². The van der Waals surface area contributed by atoms with Crippen molar-refractivity contribution >= 4 is 17.9 Å². The average molecular weight is 610 g/mol. The van der Waals surface area contributed by atoms with Crippen LogP contribution in [0.1, 0.15) is 114 Å². The first-order chi connectivity index (χ1) is 20.5. The molecular formula is C33H41F4O6-. The van der Waals surface area contributed by atoms with Crippen molar-refractivity contribution in [3.8, 4) is 22.6 Å². The Bertz CT molecular complexity index is 1180. The summed E-state index contributed by atoms with van der Waals surface area (Å²) in [5, 5.41) is 11.4. The lowest BCUT2D eigenvalue weighted by molar-refractivity contribution is -0.255. The molecule has 0 aromatic heterocycles. The monoisotopic (exact) mass is 609 g/mol. The molecule has 0 aliphatic carbocycles. The normalized spacial score (nSPS) is 12.1. The number of carbonyl (C=O) groups is 3. The molecule has 0 amide bonds. The molecule has 43 heavy (non-hydrogen) atoms. The molecule has 2 rings (SSSR count). The van der Waals surface area contributed by atoms with Gasteiger partial charge >= 0.3 is 18.1 Å². The van der Waals surface area contributed by atoms with Crippen molar-refractivity contribution in [2.75, 3.05) is 0 Å². The van der Waals surface area contributed by atoms with Crippen LogP contribution in [0.2, 0.25) is 0 Å². The number of esters is 2. The maximum atomic E-state index is 15.3. The molecule has 0 bridgehead atoms. The smallest absolute Gasteiger partial charge is 0.402 e. The Morgan fingerprint density at radius 2 is 1.33 bits per heavy atom. The average Bonchev–Trinajstić information content (AvgIpc) is 2.94. The Balaban J connectivity index is 2.16. The molecule has 0 heterocycles. The number of rotatable bonds is 19. The van der Waals surface area contributed by atoms with Crippen molar-refractivity contribution in [3.63, 3.8) is 0 Å². The highest BCUT2D eigenvalue weighted by Crippen LogP contribution is 2.37. The summed E-state index contributed by atoms with van der Waals surface area (Å²) in [5.74, 6) is -7.75. The number of aromatic carboxylic acids is 1. The van der Waals surface area contributed by atoms with Gasteiger partial charge in [-0.05, 0) is 42.7 Å². The lowest BCUT2D eigenvalue weighted by Gasteiger charge is -2.19. The van der Waals surface area contributed by atoms with E-state index in [0.29, 0.717) is 12.8 Å². The maximum Gasteiger partial charge on any atom is 0.402 e. The highest BCUT2D eigenvalue weighted by Gasteiger charge is 2.45. The Kier molecular flexibility index (Phi) is 15.2. The lowest BCUT2D eigenvalue weighted by Crippen LogP contribution is -2.33. The molecule has 0 aliphatic rings. The van der Waals surface area contributed by atoms with Gasteiger partial charge in [0.15, 0.2) is 5.92 Å². The first-order valence-electron chi connectivity index (χ1n) is 15.1.